The fourth-order valence-electron chi connectivity index (χ4n) is 2.17. The summed E-state index contributed by atoms with van der Waals surface area (Å²) in [4.78, 5) is 40.9. The summed E-state index contributed by atoms with van der Waals surface area (Å²) in [5.41, 5.74) is -0.00803. The Morgan fingerprint density at radius 2 is 1.81 bits per heavy atom. The summed E-state index contributed by atoms with van der Waals surface area (Å²) >= 11 is 0. The zero-order valence-electron chi connectivity index (χ0n) is 14.9. The number of hydrogen-bond donors (Lipinski definition) is 2. The molecule has 0 fully saturated rings. The average Bonchev–Trinajstić information content (AvgIpc) is 2.66. The van der Waals surface area contributed by atoms with E-state index in [-0.39, 0.29) is 17.8 Å². The van der Waals surface area contributed by atoms with Gasteiger partial charge in [0.2, 0.25) is 11.8 Å². The van der Waals surface area contributed by atoms with Crippen LogP contribution in [0.1, 0.15) is 29.8 Å². The predicted octanol–water partition coefficient (Wildman–Crippen LogP) is 2.15. The van der Waals surface area contributed by atoms with E-state index in [1.165, 1.54) is 27.0 Å². The van der Waals surface area contributed by atoms with Gasteiger partial charge in [0.1, 0.15) is 5.41 Å². The minimum absolute atomic E-state index is 0.218. The van der Waals surface area contributed by atoms with E-state index in [1.54, 1.807) is 36.7 Å². The number of benzene rings is 1. The summed E-state index contributed by atoms with van der Waals surface area (Å²) in [6, 6.07) is 10.0. The number of amides is 2. The third-order valence-electron chi connectivity index (χ3n) is 3.89. The van der Waals surface area contributed by atoms with Gasteiger partial charge in [-0.2, -0.15) is 0 Å². The Morgan fingerprint density at radius 1 is 1.08 bits per heavy atom. The molecule has 26 heavy (non-hydrogen) atoms. The molecule has 0 saturated heterocycles. The number of anilines is 1. The Labute approximate surface area is 151 Å². The largest absolute Gasteiger partial charge is 0.465 e. The number of rotatable bonds is 6. The summed E-state index contributed by atoms with van der Waals surface area (Å²) in [6.07, 6.45) is 3.28. The van der Waals surface area contributed by atoms with Crippen molar-refractivity contribution in [1.29, 1.82) is 0 Å². The molecule has 1 aromatic heterocycles. The summed E-state index contributed by atoms with van der Waals surface area (Å²) in [7, 11) is 1.26. The van der Waals surface area contributed by atoms with Crippen LogP contribution in [0.5, 0.6) is 0 Å². The van der Waals surface area contributed by atoms with Crippen molar-refractivity contribution in [3.05, 3.63) is 59.9 Å². The molecule has 2 aromatic rings. The highest BCUT2D eigenvalue weighted by atomic mass is 16.5. The van der Waals surface area contributed by atoms with Gasteiger partial charge in [-0.1, -0.05) is 18.2 Å². The normalized spacial score (nSPS) is 10.7. The van der Waals surface area contributed by atoms with Gasteiger partial charge < -0.3 is 15.4 Å². The maximum Gasteiger partial charge on any atom is 0.339 e. The van der Waals surface area contributed by atoms with Crippen LogP contribution in [0.3, 0.4) is 0 Å². The second-order valence-corrected chi connectivity index (χ2v) is 6.16. The lowest BCUT2D eigenvalue weighted by Gasteiger charge is -2.23. The SMILES string of the molecule is COC(=O)c1ccccc1NC(=O)C(C)(C)C(=O)NCc1cccnc1. The third kappa shape index (κ3) is 4.44. The molecule has 0 radical (unpaired) electrons. The summed E-state index contributed by atoms with van der Waals surface area (Å²) in [5, 5.41) is 5.36. The zero-order valence-corrected chi connectivity index (χ0v) is 14.9. The average molecular weight is 355 g/mol. The number of para-hydroxylation sites is 1. The fourth-order valence-corrected chi connectivity index (χ4v) is 2.17. The first-order chi connectivity index (χ1) is 12.4. The molecular formula is C19H21N3O4. The van der Waals surface area contributed by atoms with Crippen molar-refractivity contribution < 1.29 is 19.1 Å². The van der Waals surface area contributed by atoms with Gasteiger partial charge in [0, 0.05) is 18.9 Å². The molecule has 0 aliphatic heterocycles. The molecule has 0 spiro atoms. The Morgan fingerprint density at radius 3 is 2.46 bits per heavy atom. The minimum Gasteiger partial charge on any atom is -0.465 e. The topological polar surface area (TPSA) is 97.4 Å². The maximum atomic E-state index is 12.6. The zero-order chi connectivity index (χ0) is 19.2. The van der Waals surface area contributed by atoms with Crippen molar-refractivity contribution in [3.63, 3.8) is 0 Å². The number of ether oxygens (including phenoxy) is 1. The monoisotopic (exact) mass is 355 g/mol. The van der Waals surface area contributed by atoms with Crippen LogP contribution >= 0.6 is 0 Å². The van der Waals surface area contributed by atoms with Crippen molar-refractivity contribution in [2.24, 2.45) is 5.41 Å². The second-order valence-electron chi connectivity index (χ2n) is 6.16. The molecule has 0 bridgehead atoms. The molecule has 136 valence electrons. The molecule has 1 heterocycles. The number of methoxy groups -OCH3 is 1. The number of hydrogen-bond acceptors (Lipinski definition) is 5. The standard InChI is InChI=1S/C19H21N3O4/c1-19(2,17(24)21-12-13-7-6-10-20-11-13)18(25)22-15-9-5-4-8-14(15)16(23)26-3/h4-11H,12H2,1-3H3,(H,21,24)(H,22,25). The number of nitrogens with one attached hydrogen (secondary N) is 2. The van der Waals surface area contributed by atoms with Gasteiger partial charge in [0.05, 0.1) is 18.4 Å². The number of pyridine rings is 1. The van der Waals surface area contributed by atoms with Gasteiger partial charge in [-0.25, -0.2) is 4.79 Å². The summed E-state index contributed by atoms with van der Waals surface area (Å²) in [6.45, 7) is 3.30. The van der Waals surface area contributed by atoms with E-state index in [2.05, 4.69) is 15.6 Å². The number of carbonyl (C=O) groups is 3. The van der Waals surface area contributed by atoms with Gasteiger partial charge in [-0.05, 0) is 37.6 Å². The molecule has 0 saturated carbocycles. The molecule has 7 nitrogen and oxygen atoms in total. The van der Waals surface area contributed by atoms with Crippen LogP contribution in [0.4, 0.5) is 5.69 Å². The molecule has 2 amide bonds. The molecule has 0 aliphatic rings. The molecule has 7 heteroatoms. The molecule has 2 N–H and O–H groups in total. The number of esters is 1. The number of nitrogens with zero attached hydrogens (tertiary/aromatic N) is 1. The molecule has 0 aliphatic carbocycles. The first kappa shape index (κ1) is 19.1. The first-order valence-electron chi connectivity index (χ1n) is 8.02. The molecule has 2 rings (SSSR count). The lowest BCUT2D eigenvalue weighted by Crippen LogP contribution is -2.45. The van der Waals surface area contributed by atoms with Crippen LogP contribution in [0, 0.1) is 5.41 Å². The van der Waals surface area contributed by atoms with Gasteiger partial charge in [-0.15, -0.1) is 0 Å². The third-order valence-corrected chi connectivity index (χ3v) is 3.89. The van der Waals surface area contributed by atoms with Crippen LogP contribution in [-0.2, 0) is 20.9 Å². The smallest absolute Gasteiger partial charge is 0.339 e. The highest BCUT2D eigenvalue weighted by molar-refractivity contribution is 6.11. The quantitative estimate of drug-likeness (QED) is 0.611. The Hall–Kier alpha value is -3.22. The van der Waals surface area contributed by atoms with E-state index in [0.29, 0.717) is 0 Å². The molecule has 1 aromatic carbocycles. The Balaban J connectivity index is 2.08. The van der Waals surface area contributed by atoms with Crippen LogP contribution in [-0.4, -0.2) is 29.9 Å². The fraction of sp³-hybridized carbons (Fsp3) is 0.263. The maximum absolute atomic E-state index is 12.6. The van der Waals surface area contributed by atoms with Gasteiger partial charge in [0.15, 0.2) is 0 Å². The van der Waals surface area contributed by atoms with Crippen LogP contribution < -0.4 is 10.6 Å². The molecule has 0 unspecified atom stereocenters. The van der Waals surface area contributed by atoms with Crippen molar-refractivity contribution in [3.8, 4) is 0 Å². The van der Waals surface area contributed by atoms with Crippen molar-refractivity contribution in [2.45, 2.75) is 20.4 Å². The minimum atomic E-state index is -1.34. The van der Waals surface area contributed by atoms with E-state index in [9.17, 15) is 14.4 Å². The van der Waals surface area contributed by atoms with Crippen molar-refractivity contribution in [1.82, 2.24) is 10.3 Å². The van der Waals surface area contributed by atoms with E-state index in [0.717, 1.165) is 5.56 Å². The van der Waals surface area contributed by atoms with Gasteiger partial charge in [0.25, 0.3) is 0 Å². The summed E-state index contributed by atoms with van der Waals surface area (Å²) < 4.78 is 4.70. The van der Waals surface area contributed by atoms with Crippen LogP contribution in [0.15, 0.2) is 48.8 Å². The highest BCUT2D eigenvalue weighted by Crippen LogP contribution is 2.22. The number of carbonyl (C=O) groups excluding carboxylic acids is 3. The first-order valence-corrected chi connectivity index (χ1v) is 8.02. The molecular weight excluding hydrogens is 334 g/mol. The van der Waals surface area contributed by atoms with E-state index in [1.807, 2.05) is 6.07 Å². The van der Waals surface area contributed by atoms with Crippen LogP contribution in [0.25, 0.3) is 0 Å². The van der Waals surface area contributed by atoms with Gasteiger partial charge >= 0.3 is 5.97 Å². The second kappa shape index (κ2) is 8.24. The Kier molecular flexibility index (Phi) is 6.06. The number of aromatic nitrogens is 1. The van der Waals surface area contributed by atoms with E-state index in [4.69, 9.17) is 4.74 Å². The van der Waals surface area contributed by atoms with Crippen molar-refractivity contribution >= 4 is 23.5 Å². The van der Waals surface area contributed by atoms with Gasteiger partial charge in [-0.3, -0.25) is 14.6 Å². The lowest BCUT2D eigenvalue weighted by atomic mass is 9.90. The Bertz CT molecular complexity index is 803. The predicted molar refractivity (Wildman–Crippen MR) is 96.3 cm³/mol. The van der Waals surface area contributed by atoms with E-state index >= 15 is 0 Å². The van der Waals surface area contributed by atoms with E-state index < -0.39 is 23.2 Å². The summed E-state index contributed by atoms with van der Waals surface area (Å²) in [5.74, 6) is -1.54. The lowest BCUT2D eigenvalue weighted by molar-refractivity contribution is -0.138. The van der Waals surface area contributed by atoms with Crippen LogP contribution in [0.2, 0.25) is 0 Å². The highest BCUT2D eigenvalue weighted by Gasteiger charge is 2.36. The molecule has 0 atom stereocenters. The van der Waals surface area contributed by atoms with Crippen molar-refractivity contribution in [2.75, 3.05) is 12.4 Å².